The molecular formula is C11H14ClFN2. The van der Waals surface area contributed by atoms with E-state index in [9.17, 15) is 4.39 Å². The third kappa shape index (κ3) is 2.41. The molecule has 1 heterocycles. The van der Waals surface area contributed by atoms with Gasteiger partial charge in [-0.15, -0.1) is 0 Å². The first-order valence-corrected chi connectivity index (χ1v) is 5.45. The minimum absolute atomic E-state index is 0.273. The zero-order valence-corrected chi connectivity index (χ0v) is 9.39. The third-order valence-electron chi connectivity index (χ3n) is 2.81. The van der Waals surface area contributed by atoms with Crippen LogP contribution in [0, 0.1) is 5.82 Å². The van der Waals surface area contributed by atoms with Gasteiger partial charge in [0, 0.05) is 29.8 Å². The van der Waals surface area contributed by atoms with Crippen LogP contribution in [0.4, 0.5) is 10.1 Å². The molecule has 1 saturated heterocycles. The summed E-state index contributed by atoms with van der Waals surface area (Å²) >= 11 is 5.82. The Morgan fingerprint density at radius 1 is 1.47 bits per heavy atom. The Hall–Kier alpha value is -0.800. The van der Waals surface area contributed by atoms with Crippen molar-refractivity contribution in [1.29, 1.82) is 0 Å². The zero-order chi connectivity index (χ0) is 10.8. The molecule has 2 nitrogen and oxygen atoms in total. The van der Waals surface area contributed by atoms with Gasteiger partial charge in [-0.1, -0.05) is 11.6 Å². The van der Waals surface area contributed by atoms with Crippen molar-refractivity contribution in [3.8, 4) is 0 Å². The highest BCUT2D eigenvalue weighted by Gasteiger charge is 2.21. The standard InChI is InChI=1S/C11H14ClFN2/c1-14-10-2-3-15(7-10)11-5-8(12)4-9(13)6-11/h4-6,10,14H,2-3,7H2,1H3. The van der Waals surface area contributed by atoms with Gasteiger partial charge in [0.1, 0.15) is 5.82 Å². The number of likely N-dealkylation sites (N-methyl/N-ethyl adjacent to an activating group) is 1. The smallest absolute Gasteiger partial charge is 0.126 e. The summed E-state index contributed by atoms with van der Waals surface area (Å²) in [6.07, 6.45) is 1.09. The molecule has 0 bridgehead atoms. The van der Waals surface area contributed by atoms with E-state index < -0.39 is 0 Å². The summed E-state index contributed by atoms with van der Waals surface area (Å²) in [5.74, 6) is -0.273. The Labute approximate surface area is 94.0 Å². The quantitative estimate of drug-likeness (QED) is 0.836. The summed E-state index contributed by atoms with van der Waals surface area (Å²) in [5, 5.41) is 3.68. The predicted molar refractivity (Wildman–Crippen MR) is 61.1 cm³/mol. The number of benzene rings is 1. The van der Waals surface area contributed by atoms with E-state index in [1.807, 2.05) is 13.1 Å². The molecule has 0 amide bonds. The van der Waals surface area contributed by atoms with Crippen LogP contribution in [-0.2, 0) is 0 Å². The van der Waals surface area contributed by atoms with Crippen molar-refractivity contribution in [3.05, 3.63) is 29.0 Å². The fourth-order valence-electron chi connectivity index (χ4n) is 1.95. The Morgan fingerprint density at radius 3 is 2.87 bits per heavy atom. The van der Waals surface area contributed by atoms with Crippen molar-refractivity contribution in [3.63, 3.8) is 0 Å². The molecule has 15 heavy (non-hydrogen) atoms. The number of halogens is 2. The Morgan fingerprint density at radius 2 is 2.27 bits per heavy atom. The molecule has 1 aliphatic heterocycles. The zero-order valence-electron chi connectivity index (χ0n) is 8.63. The van der Waals surface area contributed by atoms with Gasteiger partial charge in [-0.3, -0.25) is 0 Å². The summed E-state index contributed by atoms with van der Waals surface area (Å²) in [5.41, 5.74) is 0.873. The molecule has 1 unspecified atom stereocenters. The van der Waals surface area contributed by atoms with Crippen LogP contribution in [0.2, 0.25) is 5.02 Å². The van der Waals surface area contributed by atoms with E-state index in [0.717, 1.165) is 25.2 Å². The lowest BCUT2D eigenvalue weighted by atomic mass is 10.3. The summed E-state index contributed by atoms with van der Waals surface area (Å²) in [6, 6.07) is 5.16. The largest absolute Gasteiger partial charge is 0.370 e. The lowest BCUT2D eigenvalue weighted by molar-refractivity contribution is 0.615. The maximum atomic E-state index is 13.1. The van der Waals surface area contributed by atoms with Crippen LogP contribution >= 0.6 is 11.6 Å². The van der Waals surface area contributed by atoms with E-state index in [1.54, 1.807) is 0 Å². The van der Waals surface area contributed by atoms with Crippen molar-refractivity contribution in [1.82, 2.24) is 5.32 Å². The van der Waals surface area contributed by atoms with Crippen molar-refractivity contribution in [2.24, 2.45) is 0 Å². The van der Waals surface area contributed by atoms with Crippen molar-refractivity contribution in [2.75, 3.05) is 25.0 Å². The highest BCUT2D eigenvalue weighted by Crippen LogP contribution is 2.24. The summed E-state index contributed by atoms with van der Waals surface area (Å²) in [6.45, 7) is 1.86. The molecule has 1 N–H and O–H groups in total. The van der Waals surface area contributed by atoms with Crippen LogP contribution in [0.15, 0.2) is 18.2 Å². The molecule has 1 aromatic rings. The molecule has 1 aliphatic rings. The molecular weight excluding hydrogens is 215 g/mol. The average Bonchev–Trinajstić information content (AvgIpc) is 2.64. The van der Waals surface area contributed by atoms with Gasteiger partial charge in [0.15, 0.2) is 0 Å². The minimum Gasteiger partial charge on any atom is -0.370 e. The highest BCUT2D eigenvalue weighted by atomic mass is 35.5. The van der Waals surface area contributed by atoms with Gasteiger partial charge in [-0.2, -0.15) is 0 Å². The van der Waals surface area contributed by atoms with Crippen LogP contribution in [0.1, 0.15) is 6.42 Å². The van der Waals surface area contributed by atoms with E-state index in [0.29, 0.717) is 11.1 Å². The van der Waals surface area contributed by atoms with Gasteiger partial charge in [0.25, 0.3) is 0 Å². The van der Waals surface area contributed by atoms with Crippen LogP contribution in [0.25, 0.3) is 0 Å². The molecule has 0 saturated carbocycles. The Balaban J connectivity index is 2.16. The van der Waals surface area contributed by atoms with E-state index in [1.165, 1.54) is 12.1 Å². The summed E-state index contributed by atoms with van der Waals surface area (Å²) in [4.78, 5) is 2.15. The van der Waals surface area contributed by atoms with Gasteiger partial charge in [0.2, 0.25) is 0 Å². The lowest BCUT2D eigenvalue weighted by Crippen LogP contribution is -2.29. The van der Waals surface area contributed by atoms with Gasteiger partial charge in [-0.05, 0) is 31.7 Å². The lowest BCUT2D eigenvalue weighted by Gasteiger charge is -2.18. The first-order chi connectivity index (χ1) is 7.19. The molecule has 0 aliphatic carbocycles. The summed E-state index contributed by atoms with van der Waals surface area (Å²) < 4.78 is 13.1. The van der Waals surface area contributed by atoms with Crippen molar-refractivity contribution >= 4 is 17.3 Å². The second-order valence-corrected chi connectivity index (χ2v) is 4.28. The number of hydrogen-bond acceptors (Lipinski definition) is 2. The second-order valence-electron chi connectivity index (χ2n) is 3.85. The second kappa shape index (κ2) is 4.37. The topological polar surface area (TPSA) is 15.3 Å². The number of nitrogens with one attached hydrogen (secondary N) is 1. The highest BCUT2D eigenvalue weighted by molar-refractivity contribution is 6.30. The average molecular weight is 229 g/mol. The fraction of sp³-hybridized carbons (Fsp3) is 0.455. The SMILES string of the molecule is CNC1CCN(c2cc(F)cc(Cl)c2)C1. The fourth-order valence-corrected chi connectivity index (χ4v) is 2.17. The molecule has 82 valence electrons. The van der Waals surface area contributed by atoms with E-state index in [-0.39, 0.29) is 5.82 Å². The molecule has 0 aromatic heterocycles. The summed E-state index contributed by atoms with van der Waals surface area (Å²) in [7, 11) is 1.95. The van der Waals surface area contributed by atoms with Gasteiger partial charge < -0.3 is 10.2 Å². The normalized spacial score (nSPS) is 21.0. The molecule has 2 rings (SSSR count). The number of rotatable bonds is 2. The van der Waals surface area contributed by atoms with Gasteiger partial charge >= 0.3 is 0 Å². The molecule has 1 atom stereocenters. The maximum absolute atomic E-state index is 13.1. The van der Waals surface area contributed by atoms with Crippen LogP contribution in [-0.4, -0.2) is 26.2 Å². The van der Waals surface area contributed by atoms with Crippen molar-refractivity contribution < 1.29 is 4.39 Å². The molecule has 1 aromatic carbocycles. The molecule has 0 radical (unpaired) electrons. The van der Waals surface area contributed by atoms with Crippen LogP contribution in [0.5, 0.6) is 0 Å². The molecule has 1 fully saturated rings. The third-order valence-corrected chi connectivity index (χ3v) is 3.03. The van der Waals surface area contributed by atoms with Crippen molar-refractivity contribution in [2.45, 2.75) is 12.5 Å². The van der Waals surface area contributed by atoms with E-state index in [4.69, 9.17) is 11.6 Å². The van der Waals surface area contributed by atoms with Crippen LogP contribution < -0.4 is 10.2 Å². The number of hydrogen-bond donors (Lipinski definition) is 1. The number of anilines is 1. The van der Waals surface area contributed by atoms with Crippen LogP contribution in [0.3, 0.4) is 0 Å². The maximum Gasteiger partial charge on any atom is 0.126 e. The minimum atomic E-state index is -0.273. The molecule has 4 heteroatoms. The van der Waals surface area contributed by atoms with Gasteiger partial charge in [0.05, 0.1) is 0 Å². The number of nitrogens with zero attached hydrogens (tertiary/aromatic N) is 1. The van der Waals surface area contributed by atoms with E-state index in [2.05, 4.69) is 10.2 Å². The predicted octanol–water partition coefficient (Wildman–Crippen LogP) is 2.28. The van der Waals surface area contributed by atoms with E-state index >= 15 is 0 Å². The Bertz CT molecular complexity index is 336. The monoisotopic (exact) mass is 228 g/mol. The first-order valence-electron chi connectivity index (χ1n) is 5.07. The molecule has 0 spiro atoms. The first kappa shape index (κ1) is 10.7. The van der Waals surface area contributed by atoms with Gasteiger partial charge in [-0.25, -0.2) is 4.39 Å². The Kier molecular flexibility index (Phi) is 3.12.